The van der Waals surface area contributed by atoms with Gasteiger partial charge in [0.15, 0.2) is 0 Å². The van der Waals surface area contributed by atoms with E-state index >= 15 is 0 Å². The second-order valence-corrected chi connectivity index (χ2v) is 8.88. The maximum absolute atomic E-state index is 13.0. The SMILES string of the molecule is O=C1CCC(N2Cc3ccc(NC4NCNc5ccc(I)cc54)cc3C2=O)C(=O)N1. The van der Waals surface area contributed by atoms with Crippen LogP contribution < -0.4 is 21.3 Å². The van der Waals surface area contributed by atoms with Gasteiger partial charge in [0, 0.05) is 39.0 Å². The third-order valence-electron chi connectivity index (χ3n) is 5.75. The maximum atomic E-state index is 13.0. The van der Waals surface area contributed by atoms with E-state index in [1.54, 1.807) is 4.90 Å². The fraction of sp³-hybridized carbons (Fsp3) is 0.286. The van der Waals surface area contributed by atoms with Gasteiger partial charge in [-0.05, 0) is 64.9 Å². The lowest BCUT2D eigenvalue weighted by Crippen LogP contribution is -2.52. The van der Waals surface area contributed by atoms with E-state index in [1.807, 2.05) is 18.2 Å². The monoisotopic (exact) mass is 517 g/mol. The molecule has 1 saturated heterocycles. The first-order chi connectivity index (χ1) is 14.5. The van der Waals surface area contributed by atoms with Gasteiger partial charge in [-0.2, -0.15) is 0 Å². The fourth-order valence-corrected chi connectivity index (χ4v) is 4.75. The third kappa shape index (κ3) is 3.41. The summed E-state index contributed by atoms with van der Waals surface area (Å²) in [6, 6.07) is 11.4. The molecule has 30 heavy (non-hydrogen) atoms. The summed E-state index contributed by atoms with van der Waals surface area (Å²) in [5, 5.41) is 12.5. The fourth-order valence-electron chi connectivity index (χ4n) is 4.23. The van der Waals surface area contributed by atoms with Crippen molar-refractivity contribution in [2.45, 2.75) is 31.6 Å². The van der Waals surface area contributed by atoms with Crippen LogP contribution in [0.1, 0.15) is 40.5 Å². The molecule has 9 heteroatoms. The van der Waals surface area contributed by atoms with E-state index in [4.69, 9.17) is 0 Å². The molecule has 0 aromatic heterocycles. The summed E-state index contributed by atoms with van der Waals surface area (Å²) in [7, 11) is 0. The minimum atomic E-state index is -0.598. The first-order valence-corrected chi connectivity index (χ1v) is 10.9. The van der Waals surface area contributed by atoms with Gasteiger partial charge in [0.2, 0.25) is 11.8 Å². The Hall–Kier alpha value is -2.66. The molecule has 1 fully saturated rings. The topological polar surface area (TPSA) is 103 Å². The summed E-state index contributed by atoms with van der Waals surface area (Å²) < 4.78 is 1.15. The molecule has 3 aliphatic heterocycles. The highest BCUT2D eigenvalue weighted by Crippen LogP contribution is 2.32. The molecule has 0 spiro atoms. The largest absolute Gasteiger partial charge is 0.372 e. The second kappa shape index (κ2) is 7.55. The summed E-state index contributed by atoms with van der Waals surface area (Å²) in [5.41, 5.74) is 4.51. The number of rotatable bonds is 3. The molecule has 2 atom stereocenters. The quantitative estimate of drug-likeness (QED) is 0.368. The van der Waals surface area contributed by atoms with Gasteiger partial charge in [-0.15, -0.1) is 0 Å². The Bertz CT molecular complexity index is 1070. The van der Waals surface area contributed by atoms with Crippen molar-refractivity contribution in [1.29, 1.82) is 0 Å². The van der Waals surface area contributed by atoms with Gasteiger partial charge in [-0.25, -0.2) is 0 Å². The van der Waals surface area contributed by atoms with Gasteiger partial charge in [0.1, 0.15) is 12.2 Å². The molecule has 0 aliphatic carbocycles. The number of fused-ring (bicyclic) bond motifs is 2. The van der Waals surface area contributed by atoms with Crippen molar-refractivity contribution >= 4 is 51.7 Å². The van der Waals surface area contributed by atoms with Crippen LogP contribution in [0.3, 0.4) is 0 Å². The van der Waals surface area contributed by atoms with Gasteiger partial charge in [-0.1, -0.05) is 6.07 Å². The minimum absolute atomic E-state index is 0.0863. The predicted molar refractivity (Wildman–Crippen MR) is 120 cm³/mol. The zero-order valence-corrected chi connectivity index (χ0v) is 18.2. The molecule has 3 amide bonds. The number of nitrogens with zero attached hydrogens (tertiary/aromatic N) is 1. The van der Waals surface area contributed by atoms with E-state index in [0.29, 0.717) is 25.2 Å². The summed E-state index contributed by atoms with van der Waals surface area (Å²) in [6.07, 6.45) is 0.532. The van der Waals surface area contributed by atoms with Crippen LogP contribution in [-0.2, 0) is 16.1 Å². The van der Waals surface area contributed by atoms with Gasteiger partial charge in [0.25, 0.3) is 5.91 Å². The van der Waals surface area contributed by atoms with Gasteiger partial charge in [0.05, 0.1) is 6.67 Å². The van der Waals surface area contributed by atoms with Crippen molar-refractivity contribution in [3.8, 4) is 0 Å². The summed E-state index contributed by atoms with van der Waals surface area (Å²) in [4.78, 5) is 38.2. The van der Waals surface area contributed by atoms with E-state index in [1.165, 1.54) is 0 Å². The number of imide groups is 1. The molecule has 0 saturated carbocycles. The van der Waals surface area contributed by atoms with Crippen LogP contribution in [0, 0.1) is 3.57 Å². The van der Waals surface area contributed by atoms with E-state index in [2.05, 4.69) is 62.1 Å². The van der Waals surface area contributed by atoms with Gasteiger partial charge in [-0.3, -0.25) is 25.0 Å². The zero-order chi connectivity index (χ0) is 20.8. The first-order valence-electron chi connectivity index (χ1n) is 9.80. The molecular weight excluding hydrogens is 497 g/mol. The number of amides is 3. The highest BCUT2D eigenvalue weighted by Gasteiger charge is 2.39. The second-order valence-electron chi connectivity index (χ2n) is 7.64. The third-order valence-corrected chi connectivity index (χ3v) is 6.42. The van der Waals surface area contributed by atoms with E-state index in [-0.39, 0.29) is 24.4 Å². The maximum Gasteiger partial charge on any atom is 0.255 e. The Morgan fingerprint density at radius 2 is 1.97 bits per heavy atom. The highest BCUT2D eigenvalue weighted by molar-refractivity contribution is 14.1. The first kappa shape index (κ1) is 19.3. The molecular formula is C21H20IN5O3. The zero-order valence-electron chi connectivity index (χ0n) is 16.0. The number of anilines is 2. The van der Waals surface area contributed by atoms with Crippen LogP contribution in [0.25, 0.3) is 0 Å². The molecule has 2 unspecified atom stereocenters. The van der Waals surface area contributed by atoms with Gasteiger partial charge >= 0.3 is 0 Å². The lowest BCUT2D eigenvalue weighted by atomic mass is 10.0. The Morgan fingerprint density at radius 1 is 1.10 bits per heavy atom. The molecule has 3 heterocycles. The number of carbonyl (C=O) groups is 3. The number of nitrogens with one attached hydrogen (secondary N) is 4. The highest BCUT2D eigenvalue weighted by atomic mass is 127. The van der Waals surface area contributed by atoms with Crippen molar-refractivity contribution in [2.75, 3.05) is 17.3 Å². The molecule has 4 N–H and O–H groups in total. The smallest absolute Gasteiger partial charge is 0.255 e. The van der Waals surface area contributed by atoms with Crippen molar-refractivity contribution in [2.24, 2.45) is 0 Å². The number of hydrogen-bond acceptors (Lipinski definition) is 6. The molecule has 3 aliphatic rings. The molecule has 5 rings (SSSR count). The summed E-state index contributed by atoms with van der Waals surface area (Å²) in [5.74, 6) is -0.844. The Labute approximate surface area is 186 Å². The summed E-state index contributed by atoms with van der Waals surface area (Å²) in [6.45, 7) is 1.02. The van der Waals surface area contributed by atoms with E-state index in [0.717, 1.165) is 26.1 Å². The number of carbonyl (C=O) groups excluding carboxylic acids is 3. The predicted octanol–water partition coefficient (Wildman–Crippen LogP) is 2.14. The average molecular weight is 517 g/mol. The number of hydrogen-bond donors (Lipinski definition) is 4. The molecule has 2 aromatic carbocycles. The molecule has 0 bridgehead atoms. The van der Waals surface area contributed by atoms with Crippen LogP contribution in [0.5, 0.6) is 0 Å². The normalized spacial score (nSPS) is 22.8. The van der Waals surface area contributed by atoms with Crippen molar-refractivity contribution in [1.82, 2.24) is 15.5 Å². The van der Waals surface area contributed by atoms with Crippen LogP contribution in [0.4, 0.5) is 11.4 Å². The Kier molecular flexibility index (Phi) is 4.86. The van der Waals surface area contributed by atoms with Crippen molar-refractivity contribution in [3.63, 3.8) is 0 Å². The number of halogens is 1. The van der Waals surface area contributed by atoms with Crippen LogP contribution in [-0.4, -0.2) is 35.3 Å². The Balaban J connectivity index is 1.37. The molecule has 2 aromatic rings. The number of benzene rings is 2. The van der Waals surface area contributed by atoms with Crippen LogP contribution in [0.15, 0.2) is 36.4 Å². The van der Waals surface area contributed by atoms with E-state index < -0.39 is 11.9 Å². The van der Waals surface area contributed by atoms with Crippen LogP contribution in [0.2, 0.25) is 0 Å². The van der Waals surface area contributed by atoms with Crippen LogP contribution >= 0.6 is 22.6 Å². The minimum Gasteiger partial charge on any atom is -0.372 e. The van der Waals surface area contributed by atoms with Crippen molar-refractivity contribution < 1.29 is 14.4 Å². The van der Waals surface area contributed by atoms with E-state index in [9.17, 15) is 14.4 Å². The van der Waals surface area contributed by atoms with Gasteiger partial charge < -0.3 is 15.5 Å². The Morgan fingerprint density at radius 3 is 2.80 bits per heavy atom. The lowest BCUT2D eigenvalue weighted by molar-refractivity contribution is -0.136. The summed E-state index contributed by atoms with van der Waals surface area (Å²) >= 11 is 2.29. The molecule has 0 radical (unpaired) electrons. The number of piperidine rings is 1. The van der Waals surface area contributed by atoms with Crippen molar-refractivity contribution in [3.05, 3.63) is 56.7 Å². The lowest BCUT2D eigenvalue weighted by Gasteiger charge is -2.30. The standard InChI is InChI=1S/C21H20IN5O3/c22-12-2-4-16-15(7-12)19(24-10-23-16)25-13-3-1-11-9-27(21(30)14(11)8-13)17-5-6-18(28)26-20(17)29/h1-4,7-8,17,19,23-25H,5-6,9-10H2,(H,26,28,29). The molecule has 154 valence electrons. The average Bonchev–Trinajstić information content (AvgIpc) is 3.04. The molecule has 8 nitrogen and oxygen atoms in total.